The van der Waals surface area contributed by atoms with Crippen molar-refractivity contribution in [2.75, 3.05) is 13.7 Å². The molecule has 150 valence electrons. The average Bonchev–Trinajstić information content (AvgIpc) is 3.26. The van der Waals surface area contributed by atoms with E-state index in [1.54, 1.807) is 25.3 Å². The van der Waals surface area contributed by atoms with Crippen molar-refractivity contribution in [1.29, 1.82) is 0 Å². The van der Waals surface area contributed by atoms with Crippen LogP contribution in [0.15, 0.2) is 72.6 Å². The van der Waals surface area contributed by atoms with Crippen molar-refractivity contribution in [1.82, 2.24) is 5.32 Å². The molecule has 2 aromatic carbocycles. The second-order valence-corrected chi connectivity index (χ2v) is 7.31. The van der Waals surface area contributed by atoms with Crippen LogP contribution in [-0.4, -0.2) is 19.6 Å². The summed E-state index contributed by atoms with van der Waals surface area (Å²) in [6, 6.07) is 15.1. The number of amides is 1. The summed E-state index contributed by atoms with van der Waals surface area (Å²) in [7, 11) is 1.56. The van der Waals surface area contributed by atoms with Crippen molar-refractivity contribution in [3.05, 3.63) is 94.5 Å². The highest BCUT2D eigenvalue weighted by atomic mass is 32.1. The zero-order chi connectivity index (χ0) is 20.6. The molecule has 0 aliphatic rings. The van der Waals surface area contributed by atoms with E-state index in [-0.39, 0.29) is 24.4 Å². The topological polar surface area (TPSA) is 47.6 Å². The Morgan fingerprint density at radius 3 is 2.66 bits per heavy atom. The van der Waals surface area contributed by atoms with Crippen molar-refractivity contribution >= 4 is 17.2 Å². The molecule has 0 spiro atoms. The molecule has 0 radical (unpaired) electrons. The van der Waals surface area contributed by atoms with Crippen LogP contribution >= 0.6 is 11.3 Å². The molecule has 0 saturated carbocycles. The maximum Gasteiger partial charge on any atom is 0.258 e. The highest BCUT2D eigenvalue weighted by molar-refractivity contribution is 7.10. The van der Waals surface area contributed by atoms with E-state index < -0.39 is 0 Å². The van der Waals surface area contributed by atoms with E-state index in [9.17, 15) is 9.18 Å². The lowest BCUT2D eigenvalue weighted by Gasteiger charge is -2.19. The van der Waals surface area contributed by atoms with Crippen molar-refractivity contribution < 1.29 is 18.7 Å². The molecule has 0 aliphatic carbocycles. The van der Waals surface area contributed by atoms with Crippen LogP contribution in [-0.2, 0) is 11.2 Å². The van der Waals surface area contributed by atoms with Gasteiger partial charge in [-0.15, -0.1) is 17.9 Å². The molecule has 0 saturated heterocycles. The minimum atomic E-state index is -0.372. The first kappa shape index (κ1) is 20.6. The minimum Gasteiger partial charge on any atom is -0.493 e. The lowest BCUT2D eigenvalue weighted by atomic mass is 10.1. The second-order valence-electron chi connectivity index (χ2n) is 6.33. The molecule has 4 nitrogen and oxygen atoms in total. The Hall–Kier alpha value is -3.12. The maximum atomic E-state index is 13.3. The molecule has 1 aromatic heterocycles. The molecule has 1 heterocycles. The Kier molecular flexibility index (Phi) is 7.03. The first-order chi connectivity index (χ1) is 14.1. The quantitative estimate of drug-likeness (QED) is 0.509. The molecule has 3 aromatic rings. The number of carbonyl (C=O) groups excluding carboxylic acids is 1. The number of hydrogen-bond acceptors (Lipinski definition) is 4. The summed E-state index contributed by atoms with van der Waals surface area (Å²) in [4.78, 5) is 13.5. The standard InChI is InChI=1S/C23H22FNO3S/c1-3-5-16-7-12-19(20(14-16)27-2)28-15-22(26)25-23(21-6-4-13-29-21)17-8-10-18(24)11-9-17/h3-4,6-14,23H,1,5,15H2,2H3,(H,25,26)/t23-/m0/s1. The third-order valence-electron chi connectivity index (χ3n) is 4.30. The van der Waals surface area contributed by atoms with Crippen molar-refractivity contribution in [2.24, 2.45) is 0 Å². The van der Waals surface area contributed by atoms with Crippen LogP contribution < -0.4 is 14.8 Å². The largest absolute Gasteiger partial charge is 0.493 e. The number of hydrogen-bond donors (Lipinski definition) is 1. The molecule has 29 heavy (non-hydrogen) atoms. The molecule has 0 aliphatic heterocycles. The number of carbonyl (C=O) groups is 1. The number of rotatable bonds is 9. The summed E-state index contributed by atoms with van der Waals surface area (Å²) >= 11 is 1.52. The summed E-state index contributed by atoms with van der Waals surface area (Å²) in [5, 5.41) is 4.90. The molecule has 1 atom stereocenters. The van der Waals surface area contributed by atoms with E-state index in [0.29, 0.717) is 11.5 Å². The van der Waals surface area contributed by atoms with Gasteiger partial charge in [0, 0.05) is 4.88 Å². The third-order valence-corrected chi connectivity index (χ3v) is 5.24. The van der Waals surface area contributed by atoms with Crippen LogP contribution in [0.3, 0.4) is 0 Å². The van der Waals surface area contributed by atoms with Gasteiger partial charge in [0.15, 0.2) is 18.1 Å². The first-order valence-electron chi connectivity index (χ1n) is 9.09. The average molecular weight is 411 g/mol. The van der Waals surface area contributed by atoms with E-state index in [0.717, 1.165) is 22.4 Å². The van der Waals surface area contributed by atoms with Gasteiger partial charge < -0.3 is 14.8 Å². The van der Waals surface area contributed by atoms with Gasteiger partial charge in [-0.2, -0.15) is 0 Å². The number of nitrogens with one attached hydrogen (secondary N) is 1. The summed E-state index contributed by atoms with van der Waals surface area (Å²) in [6.07, 6.45) is 2.53. The maximum absolute atomic E-state index is 13.3. The number of allylic oxidation sites excluding steroid dienone is 1. The zero-order valence-corrected chi connectivity index (χ0v) is 16.9. The van der Waals surface area contributed by atoms with Crippen molar-refractivity contribution in [2.45, 2.75) is 12.5 Å². The molecule has 3 rings (SSSR count). The number of methoxy groups -OCH3 is 1. The van der Waals surface area contributed by atoms with Crippen LogP contribution in [0.25, 0.3) is 0 Å². The van der Waals surface area contributed by atoms with E-state index in [2.05, 4.69) is 11.9 Å². The Morgan fingerprint density at radius 2 is 2.00 bits per heavy atom. The minimum absolute atomic E-state index is 0.166. The van der Waals surface area contributed by atoms with Crippen molar-refractivity contribution in [3.63, 3.8) is 0 Å². The molecular formula is C23H22FNO3S. The van der Waals surface area contributed by atoms with Crippen molar-refractivity contribution in [3.8, 4) is 11.5 Å². The lowest BCUT2D eigenvalue weighted by molar-refractivity contribution is -0.123. The predicted molar refractivity (Wildman–Crippen MR) is 113 cm³/mol. The summed E-state index contributed by atoms with van der Waals surface area (Å²) in [5.41, 5.74) is 1.84. The fourth-order valence-corrected chi connectivity index (χ4v) is 3.70. The van der Waals surface area contributed by atoms with Crippen LogP contribution in [0, 0.1) is 5.82 Å². The van der Waals surface area contributed by atoms with E-state index in [1.165, 1.54) is 23.5 Å². The van der Waals surface area contributed by atoms with Crippen LogP contribution in [0.5, 0.6) is 11.5 Å². The van der Waals surface area contributed by atoms with Gasteiger partial charge in [0.25, 0.3) is 5.91 Å². The summed E-state index contributed by atoms with van der Waals surface area (Å²) < 4.78 is 24.3. The molecule has 0 bridgehead atoms. The molecule has 6 heteroatoms. The second kappa shape index (κ2) is 9.89. The van der Waals surface area contributed by atoms with Gasteiger partial charge in [0.2, 0.25) is 0 Å². The molecule has 1 N–H and O–H groups in total. The summed E-state index contributed by atoms with van der Waals surface area (Å²) in [5.74, 6) is 0.445. The first-order valence-corrected chi connectivity index (χ1v) is 9.97. The molecular weight excluding hydrogens is 389 g/mol. The highest BCUT2D eigenvalue weighted by Gasteiger charge is 2.19. The zero-order valence-electron chi connectivity index (χ0n) is 16.1. The molecule has 1 amide bonds. The third kappa shape index (κ3) is 5.45. The normalized spacial score (nSPS) is 11.5. The van der Waals surface area contributed by atoms with Crippen LogP contribution in [0.2, 0.25) is 0 Å². The summed E-state index contributed by atoms with van der Waals surface area (Å²) in [6.45, 7) is 3.56. The van der Waals surface area contributed by atoms with Crippen LogP contribution in [0.4, 0.5) is 4.39 Å². The van der Waals surface area contributed by atoms with Gasteiger partial charge in [-0.25, -0.2) is 4.39 Å². The predicted octanol–water partition coefficient (Wildman–Crippen LogP) is 4.91. The van der Waals surface area contributed by atoms with Gasteiger partial charge in [-0.1, -0.05) is 30.3 Å². The number of thiophene rings is 1. The monoisotopic (exact) mass is 411 g/mol. The smallest absolute Gasteiger partial charge is 0.258 e. The highest BCUT2D eigenvalue weighted by Crippen LogP contribution is 2.29. The lowest BCUT2D eigenvalue weighted by Crippen LogP contribution is -2.33. The Labute approximate surface area is 173 Å². The Morgan fingerprint density at radius 1 is 1.21 bits per heavy atom. The number of ether oxygens (including phenoxy) is 2. The SMILES string of the molecule is C=CCc1ccc(OCC(=O)N[C@@H](c2ccc(F)cc2)c2cccs2)c(OC)c1. The van der Waals surface area contributed by atoms with Crippen LogP contribution in [0.1, 0.15) is 22.0 Å². The van der Waals surface area contributed by atoms with E-state index in [4.69, 9.17) is 9.47 Å². The Balaban J connectivity index is 1.69. The van der Waals surface area contributed by atoms with Gasteiger partial charge in [0.1, 0.15) is 5.82 Å². The van der Waals surface area contributed by atoms with Gasteiger partial charge >= 0.3 is 0 Å². The fourth-order valence-electron chi connectivity index (χ4n) is 2.90. The Bertz CT molecular complexity index is 955. The molecule has 0 fully saturated rings. The van der Waals surface area contributed by atoms with E-state index >= 15 is 0 Å². The van der Waals surface area contributed by atoms with Gasteiger partial charge in [-0.3, -0.25) is 4.79 Å². The molecule has 0 unspecified atom stereocenters. The van der Waals surface area contributed by atoms with Gasteiger partial charge in [-0.05, 0) is 53.3 Å². The number of benzene rings is 2. The van der Waals surface area contributed by atoms with E-state index in [1.807, 2.05) is 35.7 Å². The number of halogens is 1. The van der Waals surface area contributed by atoms with Gasteiger partial charge in [0.05, 0.1) is 13.2 Å². The fraction of sp³-hybridized carbons (Fsp3) is 0.174.